The highest BCUT2D eigenvalue weighted by atomic mass is 35.5. The lowest BCUT2D eigenvalue weighted by atomic mass is 10.1. The van der Waals surface area contributed by atoms with Crippen LogP contribution < -0.4 is 15.4 Å². The minimum absolute atomic E-state index is 0.165. The van der Waals surface area contributed by atoms with Gasteiger partial charge in [0.2, 0.25) is 0 Å². The fourth-order valence-electron chi connectivity index (χ4n) is 4.29. The maximum atomic E-state index is 13.4. The highest BCUT2D eigenvalue weighted by Crippen LogP contribution is 2.33. The first kappa shape index (κ1) is 27.0. The van der Waals surface area contributed by atoms with Crippen molar-refractivity contribution in [3.63, 3.8) is 0 Å². The molecule has 0 amide bonds. The van der Waals surface area contributed by atoms with Gasteiger partial charge in [-0.2, -0.15) is 11.8 Å². The summed E-state index contributed by atoms with van der Waals surface area (Å²) in [5, 5.41) is 7.97. The van der Waals surface area contributed by atoms with Gasteiger partial charge in [-0.15, -0.1) is 0 Å². The van der Waals surface area contributed by atoms with E-state index in [2.05, 4.69) is 26.9 Å². The molecule has 200 valence electrons. The number of aromatic nitrogens is 2. The summed E-state index contributed by atoms with van der Waals surface area (Å²) in [6.07, 6.45) is 4.62. The molecule has 2 N–H and O–H groups in total. The smallest absolute Gasteiger partial charge is 0.141 e. The van der Waals surface area contributed by atoms with Crippen LogP contribution in [0.25, 0.3) is 22.2 Å². The number of furan rings is 1. The lowest BCUT2D eigenvalue weighted by Gasteiger charge is -2.13. The molecule has 5 aromatic rings. The second-order valence-electron chi connectivity index (χ2n) is 8.97. The molecule has 39 heavy (non-hydrogen) atoms. The molecule has 2 heterocycles. The number of thioether (sulfide) groups is 1. The van der Waals surface area contributed by atoms with E-state index in [0.29, 0.717) is 16.6 Å². The summed E-state index contributed by atoms with van der Waals surface area (Å²) in [7, 11) is 1.95. The van der Waals surface area contributed by atoms with Gasteiger partial charge in [0.1, 0.15) is 41.8 Å². The zero-order chi connectivity index (χ0) is 27.2. The number of rotatable bonds is 11. The van der Waals surface area contributed by atoms with Crippen LogP contribution in [0.1, 0.15) is 23.8 Å². The molecule has 0 aliphatic rings. The summed E-state index contributed by atoms with van der Waals surface area (Å²) in [5.74, 6) is 3.60. The molecule has 0 radical (unpaired) electrons. The molecule has 5 rings (SSSR count). The zero-order valence-corrected chi connectivity index (χ0v) is 23.2. The van der Waals surface area contributed by atoms with Crippen LogP contribution in [0.4, 0.5) is 15.9 Å². The maximum Gasteiger partial charge on any atom is 0.141 e. The highest BCUT2D eigenvalue weighted by Gasteiger charge is 2.15. The summed E-state index contributed by atoms with van der Waals surface area (Å²) in [5.41, 5.74) is 3.21. The number of nitrogens with zero attached hydrogens (tertiary/aromatic N) is 2. The molecule has 6 nitrogen and oxygen atoms in total. The lowest BCUT2D eigenvalue weighted by Crippen LogP contribution is -2.16. The van der Waals surface area contributed by atoms with Crippen molar-refractivity contribution in [2.75, 3.05) is 24.4 Å². The number of halogens is 2. The van der Waals surface area contributed by atoms with E-state index in [0.717, 1.165) is 51.4 Å². The van der Waals surface area contributed by atoms with Crippen LogP contribution in [0, 0.1) is 5.82 Å². The molecule has 0 aliphatic heterocycles. The molecule has 1 atom stereocenters. The Kier molecular flexibility index (Phi) is 8.66. The number of hydrogen-bond donors (Lipinski definition) is 2. The maximum absolute atomic E-state index is 13.4. The van der Waals surface area contributed by atoms with Gasteiger partial charge in [-0.05, 0) is 91.7 Å². The van der Waals surface area contributed by atoms with Crippen LogP contribution in [0.15, 0.2) is 83.5 Å². The van der Waals surface area contributed by atoms with Crippen LogP contribution in [-0.2, 0) is 6.61 Å². The standard InChI is InChI=1S/C30H28ClFN4O2S/c1-33-26(12-13-39-2)29-11-10-27(38-29)20-6-8-25-23(15-20)30(35-18-34-25)36-22-7-9-28(24(31)16-22)37-17-19-4-3-5-21(32)14-19/h3-11,14-16,18,26,33H,12-13,17H2,1-2H3,(H,34,35,36). The minimum Gasteiger partial charge on any atom is -0.487 e. The molecule has 0 bridgehead atoms. The Balaban J connectivity index is 1.35. The van der Waals surface area contributed by atoms with Crippen molar-refractivity contribution in [2.24, 2.45) is 0 Å². The Labute approximate surface area is 236 Å². The molecule has 0 fully saturated rings. The Bertz CT molecular complexity index is 1580. The topological polar surface area (TPSA) is 72.2 Å². The van der Waals surface area contributed by atoms with Crippen LogP contribution in [0.5, 0.6) is 5.75 Å². The molecular weight excluding hydrogens is 535 g/mol. The number of nitrogens with one attached hydrogen (secondary N) is 2. The first-order valence-electron chi connectivity index (χ1n) is 12.5. The van der Waals surface area contributed by atoms with Crippen LogP contribution in [-0.4, -0.2) is 29.0 Å². The van der Waals surface area contributed by atoms with Crippen molar-refractivity contribution < 1.29 is 13.5 Å². The van der Waals surface area contributed by atoms with Crippen molar-refractivity contribution in [3.8, 4) is 17.1 Å². The third kappa shape index (κ3) is 6.53. The van der Waals surface area contributed by atoms with Gasteiger partial charge in [-0.25, -0.2) is 14.4 Å². The van der Waals surface area contributed by atoms with E-state index in [1.54, 1.807) is 24.3 Å². The van der Waals surface area contributed by atoms with E-state index in [1.165, 1.54) is 18.5 Å². The quantitative estimate of drug-likeness (QED) is 0.169. The summed E-state index contributed by atoms with van der Waals surface area (Å²) in [4.78, 5) is 8.90. The van der Waals surface area contributed by atoms with Crippen LogP contribution >= 0.6 is 23.4 Å². The van der Waals surface area contributed by atoms with Gasteiger partial charge in [0, 0.05) is 16.6 Å². The monoisotopic (exact) mass is 562 g/mol. The fraction of sp³-hybridized carbons (Fsp3) is 0.200. The summed E-state index contributed by atoms with van der Waals surface area (Å²) < 4.78 is 25.5. The van der Waals surface area contributed by atoms with Gasteiger partial charge in [0.15, 0.2) is 0 Å². The number of ether oxygens (including phenoxy) is 1. The van der Waals surface area contributed by atoms with E-state index < -0.39 is 0 Å². The highest BCUT2D eigenvalue weighted by molar-refractivity contribution is 7.98. The van der Waals surface area contributed by atoms with Gasteiger partial charge in [0.25, 0.3) is 0 Å². The second kappa shape index (κ2) is 12.5. The van der Waals surface area contributed by atoms with Gasteiger partial charge in [0.05, 0.1) is 16.6 Å². The average molecular weight is 563 g/mol. The summed E-state index contributed by atoms with van der Waals surface area (Å²) >= 11 is 8.32. The Morgan fingerprint density at radius 2 is 1.95 bits per heavy atom. The minimum atomic E-state index is -0.303. The van der Waals surface area contributed by atoms with E-state index in [1.807, 2.05) is 55.2 Å². The van der Waals surface area contributed by atoms with Crippen LogP contribution in [0.3, 0.4) is 0 Å². The average Bonchev–Trinajstić information content (AvgIpc) is 3.43. The molecule has 2 aromatic heterocycles. The molecule has 0 saturated carbocycles. The van der Waals surface area contributed by atoms with Crippen LogP contribution in [0.2, 0.25) is 5.02 Å². The number of hydrogen-bond acceptors (Lipinski definition) is 7. The van der Waals surface area contributed by atoms with E-state index in [4.69, 9.17) is 20.8 Å². The number of anilines is 2. The molecule has 0 saturated heterocycles. The van der Waals surface area contributed by atoms with Gasteiger partial charge in [-0.3, -0.25) is 0 Å². The van der Waals surface area contributed by atoms with E-state index >= 15 is 0 Å². The van der Waals surface area contributed by atoms with E-state index in [9.17, 15) is 4.39 Å². The molecule has 3 aromatic carbocycles. The number of fused-ring (bicyclic) bond motifs is 1. The predicted molar refractivity (Wildman–Crippen MR) is 158 cm³/mol. The first-order valence-corrected chi connectivity index (χ1v) is 14.3. The summed E-state index contributed by atoms with van der Waals surface area (Å²) in [6.45, 7) is 0.213. The molecule has 0 spiro atoms. The Morgan fingerprint density at radius 3 is 2.74 bits per heavy atom. The van der Waals surface area contributed by atoms with Gasteiger partial charge < -0.3 is 19.8 Å². The van der Waals surface area contributed by atoms with Crippen molar-refractivity contribution >= 4 is 45.8 Å². The van der Waals surface area contributed by atoms with E-state index in [-0.39, 0.29) is 18.5 Å². The van der Waals surface area contributed by atoms with Gasteiger partial charge in [-0.1, -0.05) is 23.7 Å². The van der Waals surface area contributed by atoms with Crippen molar-refractivity contribution in [2.45, 2.75) is 19.1 Å². The summed E-state index contributed by atoms with van der Waals surface area (Å²) in [6, 6.07) is 21.9. The normalized spacial score (nSPS) is 12.0. The Morgan fingerprint density at radius 1 is 1.05 bits per heavy atom. The largest absolute Gasteiger partial charge is 0.487 e. The zero-order valence-electron chi connectivity index (χ0n) is 21.6. The molecule has 9 heteroatoms. The van der Waals surface area contributed by atoms with Crippen molar-refractivity contribution in [3.05, 3.63) is 101 Å². The third-order valence-corrected chi connectivity index (χ3v) is 7.27. The van der Waals surface area contributed by atoms with Crippen molar-refractivity contribution in [1.29, 1.82) is 0 Å². The first-order chi connectivity index (χ1) is 19.0. The second-order valence-corrected chi connectivity index (χ2v) is 10.4. The Hall–Kier alpha value is -3.59. The predicted octanol–water partition coefficient (Wildman–Crippen LogP) is 8.02. The fourth-order valence-corrected chi connectivity index (χ4v) is 5.00. The third-order valence-electron chi connectivity index (χ3n) is 6.33. The lowest BCUT2D eigenvalue weighted by molar-refractivity contribution is 0.306. The molecular formula is C30H28ClFN4O2S. The van der Waals surface area contributed by atoms with Gasteiger partial charge >= 0.3 is 0 Å². The number of benzene rings is 3. The SMILES string of the molecule is CNC(CCSC)c1ccc(-c2ccc3ncnc(Nc4ccc(OCc5cccc(F)c5)c(Cl)c4)c3c2)o1. The molecule has 1 unspecified atom stereocenters. The van der Waals surface area contributed by atoms with Crippen molar-refractivity contribution in [1.82, 2.24) is 15.3 Å². The molecule has 0 aliphatic carbocycles.